The number of non-ortho nitro benzene ring substituents is 1. The number of nitrogens with one attached hydrogen (secondary N) is 1. The van der Waals surface area contributed by atoms with E-state index in [4.69, 9.17) is 5.73 Å². The van der Waals surface area contributed by atoms with E-state index in [9.17, 15) is 20.0 Å². The zero-order valence-corrected chi connectivity index (χ0v) is 15.5. The largest absolute Gasteiger partial charge is 0.508 e. The fraction of sp³-hybridized carbons (Fsp3) is 0.200. The molecule has 2 aromatic carbocycles. The number of nitro groups is 1. The maximum absolute atomic E-state index is 12.6. The average molecular weight is 393 g/mol. The van der Waals surface area contributed by atoms with Crippen molar-refractivity contribution >= 4 is 11.4 Å². The molecule has 1 aliphatic heterocycles. The van der Waals surface area contributed by atoms with Crippen molar-refractivity contribution in [2.75, 3.05) is 12.3 Å². The number of phenols is 1. The summed E-state index contributed by atoms with van der Waals surface area (Å²) in [5, 5.41) is 21.0. The van der Waals surface area contributed by atoms with Crippen molar-refractivity contribution in [1.29, 1.82) is 0 Å². The van der Waals surface area contributed by atoms with E-state index in [1.807, 2.05) is 4.90 Å². The molecule has 0 spiro atoms. The number of aromatic hydroxyl groups is 1. The zero-order chi connectivity index (χ0) is 20.5. The Balaban J connectivity index is 1.58. The maximum atomic E-state index is 12.6. The highest BCUT2D eigenvalue weighted by Crippen LogP contribution is 2.26. The molecule has 0 fully saturated rings. The molecule has 0 unspecified atom stereocenters. The lowest BCUT2D eigenvalue weighted by atomic mass is 10.0. The SMILES string of the molecule is Nc1ccc(-c2nc3c(c(=O)[nH]2)CN(Cc2cc([N+](=O)[O-])ccc2O)CC3)cc1. The molecule has 0 atom stereocenters. The van der Waals surface area contributed by atoms with Gasteiger partial charge in [-0.2, -0.15) is 0 Å². The first-order valence-electron chi connectivity index (χ1n) is 9.07. The number of rotatable bonds is 4. The minimum atomic E-state index is -0.498. The van der Waals surface area contributed by atoms with Gasteiger partial charge in [-0.15, -0.1) is 0 Å². The Morgan fingerprint density at radius 2 is 2.00 bits per heavy atom. The molecule has 1 aromatic heterocycles. The monoisotopic (exact) mass is 393 g/mol. The van der Waals surface area contributed by atoms with Crippen LogP contribution in [0.4, 0.5) is 11.4 Å². The van der Waals surface area contributed by atoms with Gasteiger partial charge in [-0.1, -0.05) is 0 Å². The van der Waals surface area contributed by atoms with Crippen LogP contribution in [0.2, 0.25) is 0 Å². The van der Waals surface area contributed by atoms with Gasteiger partial charge in [0.25, 0.3) is 11.2 Å². The molecule has 0 aliphatic carbocycles. The Morgan fingerprint density at radius 1 is 1.24 bits per heavy atom. The fourth-order valence-corrected chi connectivity index (χ4v) is 3.45. The predicted molar refractivity (Wildman–Crippen MR) is 107 cm³/mol. The molecular weight excluding hydrogens is 374 g/mol. The van der Waals surface area contributed by atoms with E-state index in [0.717, 1.165) is 11.3 Å². The number of nitro benzene ring substituents is 1. The average Bonchev–Trinajstić information content (AvgIpc) is 2.70. The smallest absolute Gasteiger partial charge is 0.270 e. The Bertz CT molecular complexity index is 1140. The van der Waals surface area contributed by atoms with Gasteiger partial charge in [-0.25, -0.2) is 4.98 Å². The van der Waals surface area contributed by atoms with Gasteiger partial charge in [-0.05, 0) is 30.3 Å². The van der Waals surface area contributed by atoms with Crippen molar-refractivity contribution in [3.8, 4) is 17.1 Å². The van der Waals surface area contributed by atoms with Crippen LogP contribution in [-0.2, 0) is 19.5 Å². The van der Waals surface area contributed by atoms with Crippen molar-refractivity contribution in [3.05, 3.63) is 79.8 Å². The lowest BCUT2D eigenvalue weighted by molar-refractivity contribution is -0.385. The minimum Gasteiger partial charge on any atom is -0.508 e. The van der Waals surface area contributed by atoms with Gasteiger partial charge in [-0.3, -0.25) is 19.8 Å². The molecule has 148 valence electrons. The van der Waals surface area contributed by atoms with Crippen molar-refractivity contribution in [1.82, 2.24) is 14.9 Å². The van der Waals surface area contributed by atoms with Crippen molar-refractivity contribution in [2.24, 2.45) is 0 Å². The molecule has 9 nitrogen and oxygen atoms in total. The summed E-state index contributed by atoms with van der Waals surface area (Å²) < 4.78 is 0. The summed E-state index contributed by atoms with van der Waals surface area (Å²) in [6.07, 6.45) is 0.566. The van der Waals surface area contributed by atoms with Gasteiger partial charge in [0.05, 0.1) is 16.2 Å². The van der Waals surface area contributed by atoms with Crippen LogP contribution in [0.1, 0.15) is 16.8 Å². The van der Waals surface area contributed by atoms with E-state index in [1.54, 1.807) is 24.3 Å². The number of hydrogen-bond acceptors (Lipinski definition) is 7. The molecule has 0 saturated heterocycles. The number of nitrogen functional groups attached to an aromatic ring is 1. The maximum Gasteiger partial charge on any atom is 0.270 e. The van der Waals surface area contributed by atoms with Crippen molar-refractivity contribution in [3.63, 3.8) is 0 Å². The highest BCUT2D eigenvalue weighted by molar-refractivity contribution is 5.58. The first kappa shape index (κ1) is 18.6. The molecule has 4 rings (SSSR count). The minimum absolute atomic E-state index is 0.00729. The summed E-state index contributed by atoms with van der Waals surface area (Å²) in [5.41, 5.74) is 8.58. The highest BCUT2D eigenvalue weighted by Gasteiger charge is 2.23. The second-order valence-corrected chi connectivity index (χ2v) is 6.99. The van der Waals surface area contributed by atoms with Crippen LogP contribution in [0.15, 0.2) is 47.3 Å². The molecule has 0 radical (unpaired) electrons. The number of nitrogens with two attached hydrogens (primary N) is 1. The van der Waals surface area contributed by atoms with Crippen LogP contribution in [0, 0.1) is 10.1 Å². The van der Waals surface area contributed by atoms with E-state index in [1.165, 1.54) is 18.2 Å². The second kappa shape index (κ2) is 7.36. The van der Waals surface area contributed by atoms with Crippen molar-refractivity contribution < 1.29 is 10.0 Å². The Kier molecular flexibility index (Phi) is 4.73. The molecule has 0 amide bonds. The third kappa shape index (κ3) is 3.81. The lowest BCUT2D eigenvalue weighted by Crippen LogP contribution is -2.35. The standard InChI is InChI=1S/C20H19N5O4/c21-14-3-1-12(2-4-14)19-22-17-7-8-24(11-16(17)20(27)23-19)10-13-9-15(25(28)29)5-6-18(13)26/h1-6,9,26H,7-8,10-11,21H2,(H,22,23,27). The molecule has 3 aromatic rings. The van der Waals surface area contributed by atoms with Gasteiger partial charge in [0.1, 0.15) is 11.6 Å². The summed E-state index contributed by atoms with van der Waals surface area (Å²) in [6, 6.07) is 11.1. The van der Waals surface area contributed by atoms with Gasteiger partial charge in [0.15, 0.2) is 0 Å². The van der Waals surface area contributed by atoms with E-state index in [0.29, 0.717) is 48.7 Å². The molecule has 1 aliphatic rings. The molecule has 0 bridgehead atoms. The van der Waals surface area contributed by atoms with Crippen LogP contribution >= 0.6 is 0 Å². The van der Waals surface area contributed by atoms with Crippen LogP contribution in [0.25, 0.3) is 11.4 Å². The van der Waals surface area contributed by atoms with E-state index < -0.39 is 4.92 Å². The quantitative estimate of drug-likeness (QED) is 0.351. The summed E-state index contributed by atoms with van der Waals surface area (Å²) in [6.45, 7) is 1.26. The Hall–Kier alpha value is -3.72. The normalized spacial score (nSPS) is 13.8. The van der Waals surface area contributed by atoms with Gasteiger partial charge < -0.3 is 15.8 Å². The topological polar surface area (TPSA) is 138 Å². The Morgan fingerprint density at radius 3 is 2.72 bits per heavy atom. The summed E-state index contributed by atoms with van der Waals surface area (Å²) in [7, 11) is 0. The van der Waals surface area contributed by atoms with E-state index in [-0.39, 0.29) is 17.0 Å². The number of aromatic nitrogens is 2. The number of phenolic OH excluding ortho intramolecular Hbond substituents is 1. The molecule has 9 heteroatoms. The third-order valence-electron chi connectivity index (χ3n) is 5.00. The molecule has 2 heterocycles. The number of hydrogen-bond donors (Lipinski definition) is 3. The van der Waals surface area contributed by atoms with Crippen LogP contribution in [-0.4, -0.2) is 31.4 Å². The highest BCUT2D eigenvalue weighted by atomic mass is 16.6. The summed E-state index contributed by atoms with van der Waals surface area (Å²) in [5.74, 6) is 0.491. The van der Waals surface area contributed by atoms with Gasteiger partial charge in [0.2, 0.25) is 0 Å². The lowest BCUT2D eigenvalue weighted by Gasteiger charge is -2.27. The fourth-order valence-electron chi connectivity index (χ4n) is 3.45. The first-order valence-corrected chi connectivity index (χ1v) is 9.07. The molecule has 29 heavy (non-hydrogen) atoms. The zero-order valence-electron chi connectivity index (χ0n) is 15.5. The molecule has 0 saturated carbocycles. The number of anilines is 1. The number of nitrogens with zero attached hydrogens (tertiary/aromatic N) is 3. The number of H-pyrrole nitrogens is 1. The Labute approximate surface area is 165 Å². The van der Waals surface area contributed by atoms with Crippen LogP contribution in [0.3, 0.4) is 0 Å². The molecular formula is C20H19N5O4. The van der Waals surface area contributed by atoms with Crippen LogP contribution < -0.4 is 11.3 Å². The van der Waals surface area contributed by atoms with Crippen LogP contribution in [0.5, 0.6) is 5.75 Å². The van der Waals surface area contributed by atoms with Gasteiger partial charge in [0, 0.05) is 55.0 Å². The van der Waals surface area contributed by atoms with Crippen molar-refractivity contribution in [2.45, 2.75) is 19.5 Å². The van der Waals surface area contributed by atoms with E-state index in [2.05, 4.69) is 9.97 Å². The van der Waals surface area contributed by atoms with E-state index >= 15 is 0 Å². The summed E-state index contributed by atoms with van der Waals surface area (Å²) >= 11 is 0. The first-order chi connectivity index (χ1) is 13.9. The predicted octanol–water partition coefficient (Wildman–Crippen LogP) is 2.19. The number of aromatic amines is 1. The number of benzene rings is 2. The summed E-state index contributed by atoms with van der Waals surface area (Å²) in [4.78, 5) is 32.5. The third-order valence-corrected chi connectivity index (χ3v) is 5.00. The van der Waals surface area contributed by atoms with Gasteiger partial charge >= 0.3 is 0 Å². The second-order valence-electron chi connectivity index (χ2n) is 6.99. The number of fused-ring (bicyclic) bond motifs is 1. The molecule has 4 N–H and O–H groups in total.